The molecule has 0 aromatic heterocycles. The molecule has 1 unspecified atom stereocenters. The van der Waals surface area contributed by atoms with Crippen LogP contribution in [0.2, 0.25) is 0 Å². The van der Waals surface area contributed by atoms with Gasteiger partial charge in [0.1, 0.15) is 17.7 Å². The van der Waals surface area contributed by atoms with Crippen LogP contribution >= 0.6 is 0 Å². The zero-order chi connectivity index (χ0) is 18.8. The summed E-state index contributed by atoms with van der Waals surface area (Å²) in [6.07, 6.45) is -0.348. The Balaban J connectivity index is 1.51. The van der Waals surface area contributed by atoms with Crippen molar-refractivity contribution in [3.05, 3.63) is 94.0 Å². The minimum atomic E-state index is -0.467. The molecule has 0 aliphatic carbocycles. The summed E-state index contributed by atoms with van der Waals surface area (Å²) >= 11 is 0. The number of benzene rings is 3. The van der Waals surface area contributed by atoms with Gasteiger partial charge in [0.2, 0.25) is 0 Å². The van der Waals surface area contributed by atoms with Crippen LogP contribution in [0.1, 0.15) is 22.1 Å². The van der Waals surface area contributed by atoms with Crippen molar-refractivity contribution in [3.63, 3.8) is 0 Å². The first-order valence-corrected chi connectivity index (χ1v) is 8.29. The fourth-order valence-electron chi connectivity index (χ4n) is 2.90. The molecule has 0 saturated heterocycles. The monoisotopic (exact) mass is 361 g/mol. The van der Waals surface area contributed by atoms with E-state index in [-0.39, 0.29) is 17.8 Å². The Kier molecular flexibility index (Phi) is 4.18. The number of fused-ring (bicyclic) bond motifs is 1. The molecule has 1 aliphatic heterocycles. The highest BCUT2D eigenvalue weighted by molar-refractivity contribution is 6.01. The summed E-state index contributed by atoms with van der Waals surface area (Å²) in [6.45, 7) is 0. The second kappa shape index (κ2) is 6.80. The third kappa shape index (κ3) is 3.43. The first kappa shape index (κ1) is 16.6. The number of rotatable bonds is 4. The van der Waals surface area contributed by atoms with E-state index in [1.807, 2.05) is 30.3 Å². The van der Waals surface area contributed by atoms with Gasteiger partial charge in [-0.3, -0.25) is 14.9 Å². The van der Waals surface area contributed by atoms with Crippen LogP contribution in [-0.4, -0.2) is 10.8 Å². The van der Waals surface area contributed by atoms with Crippen LogP contribution in [-0.2, 0) is 0 Å². The number of amides is 1. The van der Waals surface area contributed by atoms with Gasteiger partial charge in [0.15, 0.2) is 0 Å². The molecule has 1 atom stereocenters. The quantitative estimate of drug-likeness (QED) is 0.535. The molecule has 7 heteroatoms. The van der Waals surface area contributed by atoms with E-state index in [2.05, 4.69) is 10.6 Å². The van der Waals surface area contributed by atoms with Crippen molar-refractivity contribution in [1.82, 2.24) is 5.32 Å². The number of ether oxygens (including phenoxy) is 1. The van der Waals surface area contributed by atoms with E-state index >= 15 is 0 Å². The Morgan fingerprint density at radius 3 is 2.44 bits per heavy atom. The zero-order valence-corrected chi connectivity index (χ0v) is 14.1. The number of hydrogen-bond acceptors (Lipinski definition) is 5. The molecular weight excluding hydrogens is 346 g/mol. The van der Waals surface area contributed by atoms with Crippen molar-refractivity contribution in [2.24, 2.45) is 0 Å². The van der Waals surface area contributed by atoms with Gasteiger partial charge in [-0.2, -0.15) is 0 Å². The lowest BCUT2D eigenvalue weighted by molar-refractivity contribution is -0.384. The molecular formula is C20H15N3O4. The molecule has 4 rings (SSSR count). The maximum absolute atomic E-state index is 12.2. The van der Waals surface area contributed by atoms with E-state index in [1.54, 1.807) is 30.3 Å². The summed E-state index contributed by atoms with van der Waals surface area (Å²) in [4.78, 5) is 22.6. The van der Waals surface area contributed by atoms with Crippen LogP contribution in [0, 0.1) is 10.1 Å². The molecule has 3 aromatic carbocycles. The summed E-state index contributed by atoms with van der Waals surface area (Å²) in [7, 11) is 0. The largest absolute Gasteiger partial charge is 0.457 e. The number of non-ortho nitro benzene ring substituents is 1. The molecule has 7 nitrogen and oxygen atoms in total. The van der Waals surface area contributed by atoms with Crippen molar-refractivity contribution >= 4 is 17.3 Å². The second-order valence-electron chi connectivity index (χ2n) is 6.02. The number of carbonyl (C=O) groups excluding carboxylic acids is 1. The van der Waals surface area contributed by atoms with Gasteiger partial charge in [-0.1, -0.05) is 30.3 Å². The third-order valence-corrected chi connectivity index (χ3v) is 4.22. The Labute approximate surface area is 154 Å². The standard InChI is InChI=1S/C20H15N3O4/c24-20-17-6-1-2-7-18(17)21-19(22-20)13-8-10-15(11-9-13)27-16-5-3-4-14(12-16)23(25)26/h1-12,19,21H,(H,22,24). The highest BCUT2D eigenvalue weighted by Crippen LogP contribution is 2.29. The first-order valence-electron chi connectivity index (χ1n) is 8.29. The van der Waals surface area contributed by atoms with E-state index in [9.17, 15) is 14.9 Å². The Morgan fingerprint density at radius 2 is 1.67 bits per heavy atom. The molecule has 1 amide bonds. The van der Waals surface area contributed by atoms with Crippen molar-refractivity contribution in [1.29, 1.82) is 0 Å². The highest BCUT2D eigenvalue weighted by Gasteiger charge is 2.24. The number of nitrogens with one attached hydrogen (secondary N) is 2. The van der Waals surface area contributed by atoms with Gasteiger partial charge in [0.25, 0.3) is 11.6 Å². The van der Waals surface area contributed by atoms with Crippen molar-refractivity contribution in [2.75, 3.05) is 5.32 Å². The lowest BCUT2D eigenvalue weighted by Gasteiger charge is -2.28. The lowest BCUT2D eigenvalue weighted by Crippen LogP contribution is -2.38. The summed E-state index contributed by atoms with van der Waals surface area (Å²) in [5, 5.41) is 17.0. The molecule has 3 aromatic rings. The second-order valence-corrected chi connectivity index (χ2v) is 6.02. The van der Waals surface area contributed by atoms with Crippen molar-refractivity contribution in [3.8, 4) is 11.5 Å². The fourth-order valence-corrected chi connectivity index (χ4v) is 2.90. The smallest absolute Gasteiger partial charge is 0.273 e. The third-order valence-electron chi connectivity index (χ3n) is 4.22. The van der Waals surface area contributed by atoms with Gasteiger partial charge in [-0.15, -0.1) is 0 Å². The maximum Gasteiger partial charge on any atom is 0.273 e. The van der Waals surface area contributed by atoms with Crippen LogP contribution in [0.15, 0.2) is 72.8 Å². The molecule has 27 heavy (non-hydrogen) atoms. The van der Waals surface area contributed by atoms with E-state index in [0.717, 1.165) is 11.3 Å². The fraction of sp³-hybridized carbons (Fsp3) is 0.0500. The average Bonchev–Trinajstić information content (AvgIpc) is 2.69. The molecule has 1 heterocycles. The summed E-state index contributed by atoms with van der Waals surface area (Å²) in [6, 6.07) is 20.5. The molecule has 0 saturated carbocycles. The molecule has 134 valence electrons. The Bertz CT molecular complexity index is 1020. The van der Waals surface area contributed by atoms with Gasteiger partial charge >= 0.3 is 0 Å². The summed E-state index contributed by atoms with van der Waals surface area (Å²) in [5.74, 6) is 0.794. The van der Waals surface area contributed by atoms with E-state index in [0.29, 0.717) is 17.1 Å². The van der Waals surface area contributed by atoms with Crippen molar-refractivity contribution < 1.29 is 14.5 Å². The van der Waals surface area contributed by atoms with E-state index in [1.165, 1.54) is 12.1 Å². The van der Waals surface area contributed by atoms with E-state index < -0.39 is 4.92 Å². The molecule has 0 bridgehead atoms. The average molecular weight is 361 g/mol. The van der Waals surface area contributed by atoms with Gasteiger partial charge < -0.3 is 15.4 Å². The lowest BCUT2D eigenvalue weighted by atomic mass is 10.1. The van der Waals surface area contributed by atoms with Crippen LogP contribution in [0.5, 0.6) is 11.5 Å². The van der Waals surface area contributed by atoms with Crippen LogP contribution < -0.4 is 15.4 Å². The van der Waals surface area contributed by atoms with Gasteiger partial charge in [0, 0.05) is 11.8 Å². The first-order chi connectivity index (χ1) is 13.1. The number of anilines is 1. The summed E-state index contributed by atoms with van der Waals surface area (Å²) < 4.78 is 5.68. The minimum Gasteiger partial charge on any atom is -0.457 e. The molecule has 1 aliphatic rings. The number of hydrogen-bond donors (Lipinski definition) is 2. The van der Waals surface area contributed by atoms with Crippen molar-refractivity contribution in [2.45, 2.75) is 6.17 Å². The predicted molar refractivity (Wildman–Crippen MR) is 99.9 cm³/mol. The number of nitro benzene ring substituents is 1. The number of nitro groups is 1. The van der Waals surface area contributed by atoms with Gasteiger partial charge in [0.05, 0.1) is 16.6 Å². The number of para-hydroxylation sites is 1. The molecule has 0 radical (unpaired) electrons. The molecule has 0 spiro atoms. The summed E-state index contributed by atoms with van der Waals surface area (Å²) in [5.41, 5.74) is 2.23. The molecule has 0 fully saturated rings. The van der Waals surface area contributed by atoms with Crippen LogP contribution in [0.25, 0.3) is 0 Å². The highest BCUT2D eigenvalue weighted by atomic mass is 16.6. The van der Waals surface area contributed by atoms with Gasteiger partial charge in [-0.05, 0) is 35.9 Å². The Morgan fingerprint density at radius 1 is 0.889 bits per heavy atom. The normalized spacial score (nSPS) is 15.3. The minimum absolute atomic E-state index is 0.0306. The van der Waals surface area contributed by atoms with Crippen LogP contribution in [0.3, 0.4) is 0 Å². The number of carbonyl (C=O) groups is 1. The Hall–Kier alpha value is -3.87. The molecule has 2 N–H and O–H groups in total. The SMILES string of the molecule is O=C1NC(c2ccc(Oc3cccc([N+](=O)[O-])c3)cc2)Nc2ccccc21. The van der Waals surface area contributed by atoms with Gasteiger partial charge in [-0.25, -0.2) is 0 Å². The number of nitrogens with zero attached hydrogens (tertiary/aromatic N) is 1. The topological polar surface area (TPSA) is 93.5 Å². The predicted octanol–water partition coefficient (Wildman–Crippen LogP) is 4.24. The maximum atomic E-state index is 12.2. The van der Waals surface area contributed by atoms with Crippen LogP contribution in [0.4, 0.5) is 11.4 Å². The zero-order valence-electron chi connectivity index (χ0n) is 14.1. The van der Waals surface area contributed by atoms with E-state index in [4.69, 9.17) is 4.74 Å².